The predicted molar refractivity (Wildman–Crippen MR) is 82.5 cm³/mol. The fourth-order valence-electron chi connectivity index (χ4n) is 2.76. The Morgan fingerprint density at radius 3 is 2.95 bits per heavy atom. The van der Waals surface area contributed by atoms with E-state index in [4.69, 9.17) is 10.5 Å². The summed E-state index contributed by atoms with van der Waals surface area (Å²) in [5, 5.41) is 0. The van der Waals surface area contributed by atoms with Gasteiger partial charge in [-0.1, -0.05) is 6.07 Å². The maximum absolute atomic E-state index is 13.9. The van der Waals surface area contributed by atoms with Crippen molar-refractivity contribution in [2.45, 2.75) is 19.3 Å². The summed E-state index contributed by atoms with van der Waals surface area (Å²) in [5.74, 6) is -0.122. The number of amides is 1. The zero-order valence-electron chi connectivity index (χ0n) is 12.2. The van der Waals surface area contributed by atoms with Crippen molar-refractivity contribution in [1.82, 2.24) is 4.90 Å². The van der Waals surface area contributed by atoms with Gasteiger partial charge in [-0.2, -0.15) is 0 Å². The molecule has 0 saturated carbocycles. The van der Waals surface area contributed by atoms with Gasteiger partial charge in [-0.25, -0.2) is 4.39 Å². The number of hydrogen-bond acceptors (Lipinski definition) is 3. The molecule has 1 atom stereocenters. The highest BCUT2D eigenvalue weighted by molar-refractivity contribution is 5.97. The molecule has 1 amide bonds. The Labute approximate surface area is 130 Å². The fourth-order valence-corrected chi connectivity index (χ4v) is 2.76. The molecule has 0 radical (unpaired) electrons. The average molecular weight is 317 g/mol. The van der Waals surface area contributed by atoms with Crippen molar-refractivity contribution in [3.63, 3.8) is 0 Å². The third-order valence-electron chi connectivity index (χ3n) is 3.79. The highest BCUT2D eigenvalue weighted by atomic mass is 35.5. The van der Waals surface area contributed by atoms with E-state index in [1.165, 1.54) is 13.2 Å². The summed E-state index contributed by atoms with van der Waals surface area (Å²) in [7, 11) is 1.44. The first kappa shape index (κ1) is 17.7. The van der Waals surface area contributed by atoms with Crippen LogP contribution in [0.2, 0.25) is 0 Å². The van der Waals surface area contributed by atoms with Gasteiger partial charge in [0.1, 0.15) is 17.1 Å². The maximum atomic E-state index is 13.9. The van der Waals surface area contributed by atoms with Gasteiger partial charge in [0.25, 0.3) is 5.91 Å². The molecule has 118 valence electrons. The zero-order chi connectivity index (χ0) is 14.5. The molecule has 0 bridgehead atoms. The van der Waals surface area contributed by atoms with Crippen molar-refractivity contribution in [3.8, 4) is 5.75 Å². The normalized spacial score (nSPS) is 18.0. The first-order chi connectivity index (χ1) is 9.67. The Kier molecular flexibility index (Phi) is 6.92. The molecule has 1 heterocycles. The summed E-state index contributed by atoms with van der Waals surface area (Å²) < 4.78 is 19.0. The van der Waals surface area contributed by atoms with Crippen LogP contribution in [0.4, 0.5) is 4.39 Å². The van der Waals surface area contributed by atoms with Crippen LogP contribution in [0.15, 0.2) is 18.2 Å². The van der Waals surface area contributed by atoms with Crippen LogP contribution in [0.25, 0.3) is 0 Å². The number of ether oxygens (including phenoxy) is 1. The largest absolute Gasteiger partial charge is 0.496 e. The zero-order valence-corrected chi connectivity index (χ0v) is 13.0. The quantitative estimate of drug-likeness (QED) is 0.928. The monoisotopic (exact) mass is 316 g/mol. The number of nitrogens with two attached hydrogens (primary N) is 1. The number of carbonyl (C=O) groups excluding carboxylic acids is 1. The summed E-state index contributed by atoms with van der Waals surface area (Å²) in [6.07, 6.45) is 2.92. The third-order valence-corrected chi connectivity index (χ3v) is 3.79. The Morgan fingerprint density at radius 2 is 2.29 bits per heavy atom. The molecule has 1 unspecified atom stereocenters. The number of methoxy groups -OCH3 is 1. The average Bonchev–Trinajstić information content (AvgIpc) is 2.47. The highest BCUT2D eigenvalue weighted by Gasteiger charge is 2.27. The van der Waals surface area contributed by atoms with E-state index in [-0.39, 0.29) is 29.6 Å². The van der Waals surface area contributed by atoms with Gasteiger partial charge in [0.15, 0.2) is 0 Å². The minimum Gasteiger partial charge on any atom is -0.496 e. The molecule has 0 spiro atoms. The van der Waals surface area contributed by atoms with Crippen LogP contribution in [-0.2, 0) is 0 Å². The Morgan fingerprint density at radius 1 is 1.52 bits per heavy atom. The van der Waals surface area contributed by atoms with E-state index in [0.717, 1.165) is 19.3 Å². The van der Waals surface area contributed by atoms with Crippen molar-refractivity contribution in [3.05, 3.63) is 29.6 Å². The number of nitrogens with zero attached hydrogens (tertiary/aromatic N) is 1. The highest BCUT2D eigenvalue weighted by Crippen LogP contribution is 2.26. The predicted octanol–water partition coefficient (Wildman–Crippen LogP) is 2.46. The Hall–Kier alpha value is -1.33. The summed E-state index contributed by atoms with van der Waals surface area (Å²) >= 11 is 0. The van der Waals surface area contributed by atoms with Crippen molar-refractivity contribution in [2.24, 2.45) is 11.7 Å². The molecule has 6 heteroatoms. The number of benzene rings is 1. The van der Waals surface area contributed by atoms with Gasteiger partial charge in [0.2, 0.25) is 0 Å². The number of rotatable bonds is 4. The van der Waals surface area contributed by atoms with Gasteiger partial charge >= 0.3 is 0 Å². The molecule has 0 aliphatic carbocycles. The van der Waals surface area contributed by atoms with Crippen molar-refractivity contribution in [2.75, 3.05) is 26.7 Å². The standard InChI is InChI=1S/C15H21FN2O2.ClH/c1-20-13-6-2-5-12(16)14(13)15(19)18-9-3-4-11(10-18)7-8-17;/h2,5-6,11H,3-4,7-10,17H2,1H3;1H. The van der Waals surface area contributed by atoms with Crippen LogP contribution in [-0.4, -0.2) is 37.6 Å². The molecule has 2 rings (SSSR count). The van der Waals surface area contributed by atoms with Gasteiger partial charge in [-0.3, -0.25) is 4.79 Å². The van der Waals surface area contributed by atoms with Crippen LogP contribution in [0.1, 0.15) is 29.6 Å². The number of carbonyl (C=O) groups is 1. The summed E-state index contributed by atoms with van der Waals surface area (Å²) in [5.41, 5.74) is 5.61. The molecule has 0 aromatic heterocycles. The fraction of sp³-hybridized carbons (Fsp3) is 0.533. The molecule has 1 aliphatic heterocycles. The van der Waals surface area contributed by atoms with E-state index >= 15 is 0 Å². The van der Waals surface area contributed by atoms with Gasteiger partial charge in [-0.05, 0) is 43.9 Å². The minimum absolute atomic E-state index is 0. The summed E-state index contributed by atoms with van der Waals surface area (Å²) in [4.78, 5) is 14.2. The lowest BCUT2D eigenvalue weighted by molar-refractivity contribution is 0.0661. The van der Waals surface area contributed by atoms with Crippen LogP contribution < -0.4 is 10.5 Å². The minimum atomic E-state index is -0.532. The third kappa shape index (κ3) is 4.08. The Bertz CT molecular complexity index is 483. The lowest BCUT2D eigenvalue weighted by atomic mass is 9.94. The van der Waals surface area contributed by atoms with E-state index in [0.29, 0.717) is 25.6 Å². The van der Waals surface area contributed by atoms with Gasteiger partial charge < -0.3 is 15.4 Å². The van der Waals surface area contributed by atoms with Crippen molar-refractivity contribution in [1.29, 1.82) is 0 Å². The number of halogens is 2. The molecule has 2 N–H and O–H groups in total. The van der Waals surface area contributed by atoms with Crippen molar-refractivity contribution < 1.29 is 13.9 Å². The molecule has 4 nitrogen and oxygen atoms in total. The lowest BCUT2D eigenvalue weighted by Crippen LogP contribution is -2.40. The first-order valence-corrected chi connectivity index (χ1v) is 6.99. The second-order valence-electron chi connectivity index (χ2n) is 5.15. The van der Waals surface area contributed by atoms with E-state index in [2.05, 4.69) is 0 Å². The Balaban J connectivity index is 0.00000220. The molecule has 1 saturated heterocycles. The maximum Gasteiger partial charge on any atom is 0.260 e. The van der Waals surface area contributed by atoms with Crippen LogP contribution in [0, 0.1) is 11.7 Å². The molecular formula is C15H22ClFN2O2. The molecule has 21 heavy (non-hydrogen) atoms. The van der Waals surface area contributed by atoms with E-state index in [1.54, 1.807) is 17.0 Å². The van der Waals surface area contributed by atoms with Crippen molar-refractivity contribution >= 4 is 18.3 Å². The van der Waals surface area contributed by atoms with E-state index < -0.39 is 5.82 Å². The number of hydrogen-bond donors (Lipinski definition) is 1. The van der Waals surface area contributed by atoms with Crippen LogP contribution >= 0.6 is 12.4 Å². The van der Waals surface area contributed by atoms with Gasteiger partial charge in [0.05, 0.1) is 7.11 Å². The smallest absolute Gasteiger partial charge is 0.260 e. The topological polar surface area (TPSA) is 55.6 Å². The second-order valence-corrected chi connectivity index (χ2v) is 5.15. The number of piperidine rings is 1. The molecular weight excluding hydrogens is 295 g/mol. The summed E-state index contributed by atoms with van der Waals surface area (Å²) in [6, 6.07) is 4.44. The molecule has 1 fully saturated rings. The van der Waals surface area contributed by atoms with Gasteiger partial charge in [0, 0.05) is 13.1 Å². The second kappa shape index (κ2) is 8.20. The lowest BCUT2D eigenvalue weighted by Gasteiger charge is -2.33. The van der Waals surface area contributed by atoms with Gasteiger partial charge in [-0.15, -0.1) is 12.4 Å². The molecule has 1 aromatic carbocycles. The van der Waals surface area contributed by atoms with E-state index in [9.17, 15) is 9.18 Å². The van der Waals surface area contributed by atoms with Crippen LogP contribution in [0.3, 0.4) is 0 Å². The molecule has 1 aromatic rings. The van der Waals surface area contributed by atoms with E-state index in [1.807, 2.05) is 0 Å². The first-order valence-electron chi connectivity index (χ1n) is 6.99. The van der Waals surface area contributed by atoms with Crippen LogP contribution in [0.5, 0.6) is 5.75 Å². The SMILES string of the molecule is COc1cccc(F)c1C(=O)N1CCCC(CCN)C1.Cl. The number of likely N-dealkylation sites (tertiary alicyclic amines) is 1. The molecule has 1 aliphatic rings. The summed E-state index contributed by atoms with van der Waals surface area (Å²) in [6.45, 7) is 1.93.